The highest BCUT2D eigenvalue weighted by molar-refractivity contribution is 7.92. The fraction of sp³-hybridized carbons (Fsp3) is 0.0303. The van der Waals surface area contributed by atoms with Gasteiger partial charge in [-0.3, -0.25) is 0 Å². The van der Waals surface area contributed by atoms with Gasteiger partial charge >= 0.3 is 0 Å². The van der Waals surface area contributed by atoms with Crippen LogP contribution in [0.1, 0.15) is 22.3 Å². The number of thiophene rings is 2. The molecule has 39 heavy (non-hydrogen) atoms. The number of anilines is 3. The number of benzene rings is 4. The number of rotatable bonds is 1. The fourth-order valence-corrected chi connectivity index (χ4v) is 10.7. The third kappa shape index (κ3) is 2.51. The van der Waals surface area contributed by atoms with Gasteiger partial charge < -0.3 is 4.90 Å². The largest absolute Gasteiger partial charge is 0.310 e. The van der Waals surface area contributed by atoms with E-state index in [4.69, 9.17) is 0 Å². The zero-order valence-corrected chi connectivity index (χ0v) is 22.9. The summed E-state index contributed by atoms with van der Waals surface area (Å²) in [5, 5.41) is 4.43. The van der Waals surface area contributed by atoms with E-state index in [1.165, 1.54) is 32.0 Å². The summed E-state index contributed by atoms with van der Waals surface area (Å²) in [6, 6.07) is 35.1. The summed E-state index contributed by atoms with van der Waals surface area (Å²) in [7, 11) is -3.52. The van der Waals surface area contributed by atoms with Crippen LogP contribution in [-0.2, 0) is 15.3 Å². The van der Waals surface area contributed by atoms with Crippen molar-refractivity contribution in [2.45, 2.75) is 15.2 Å². The van der Waals surface area contributed by atoms with Gasteiger partial charge in [-0.15, -0.1) is 22.7 Å². The highest BCUT2D eigenvalue weighted by atomic mass is 32.2. The van der Waals surface area contributed by atoms with E-state index in [1.807, 2.05) is 46.9 Å². The van der Waals surface area contributed by atoms with Gasteiger partial charge in [0.25, 0.3) is 0 Å². The molecule has 6 heteroatoms. The Kier molecular flexibility index (Phi) is 4.13. The van der Waals surface area contributed by atoms with Crippen LogP contribution in [0.2, 0.25) is 0 Å². The van der Waals surface area contributed by atoms with E-state index in [0.717, 1.165) is 28.2 Å². The topological polar surface area (TPSA) is 37.4 Å². The number of hydrogen-bond donors (Lipinski definition) is 0. The highest BCUT2D eigenvalue weighted by Crippen LogP contribution is 2.65. The lowest BCUT2D eigenvalue weighted by Gasteiger charge is -2.44. The Morgan fingerprint density at radius 3 is 1.79 bits per heavy atom. The summed E-state index contributed by atoms with van der Waals surface area (Å²) >= 11 is 3.64. The molecule has 4 heterocycles. The van der Waals surface area contributed by atoms with Crippen LogP contribution in [-0.4, -0.2) is 8.42 Å². The van der Waals surface area contributed by atoms with Crippen molar-refractivity contribution in [2.24, 2.45) is 0 Å². The lowest BCUT2D eigenvalue weighted by Crippen LogP contribution is -2.35. The molecule has 6 aromatic rings. The standard InChI is InChI=1S/C33H19NO2S3/c35-39(36)29-12-6-1-7-21(29)22-19-20(13-14-30(22)39)34-27-10-4-2-8-23(27)33(24-9-3-5-11-28(24)34)25-15-17-37-31(25)32-26(33)16-18-38-32/h1-19H. The van der Waals surface area contributed by atoms with E-state index in [-0.39, 0.29) is 5.41 Å². The first kappa shape index (κ1) is 21.9. The van der Waals surface area contributed by atoms with E-state index < -0.39 is 9.84 Å². The van der Waals surface area contributed by atoms with Crippen molar-refractivity contribution in [3.8, 4) is 20.9 Å². The summed E-state index contributed by atoms with van der Waals surface area (Å²) in [5.74, 6) is 0. The Morgan fingerprint density at radius 1 is 0.564 bits per heavy atom. The number of sulfone groups is 1. The van der Waals surface area contributed by atoms with Crippen molar-refractivity contribution >= 4 is 49.6 Å². The van der Waals surface area contributed by atoms with Crippen LogP contribution >= 0.6 is 22.7 Å². The zero-order chi connectivity index (χ0) is 25.9. The minimum Gasteiger partial charge on any atom is -0.310 e. The molecule has 0 atom stereocenters. The maximum absolute atomic E-state index is 13.3. The van der Waals surface area contributed by atoms with E-state index in [9.17, 15) is 8.42 Å². The number of para-hydroxylation sites is 2. The Morgan fingerprint density at radius 2 is 1.13 bits per heavy atom. The van der Waals surface area contributed by atoms with Crippen LogP contribution < -0.4 is 4.90 Å². The minimum absolute atomic E-state index is 0.379. The molecule has 0 amide bonds. The van der Waals surface area contributed by atoms with Crippen LogP contribution in [0.3, 0.4) is 0 Å². The first-order valence-electron chi connectivity index (χ1n) is 12.8. The molecule has 0 bridgehead atoms. The third-order valence-corrected chi connectivity index (χ3v) is 12.3. The van der Waals surface area contributed by atoms with Gasteiger partial charge in [-0.1, -0.05) is 54.6 Å². The molecule has 0 N–H and O–H groups in total. The molecule has 1 aliphatic carbocycles. The predicted molar refractivity (Wildman–Crippen MR) is 159 cm³/mol. The monoisotopic (exact) mass is 557 g/mol. The Hall–Kier alpha value is -3.97. The van der Waals surface area contributed by atoms with Gasteiger partial charge in [-0.2, -0.15) is 0 Å². The van der Waals surface area contributed by atoms with Gasteiger partial charge in [0.05, 0.1) is 26.6 Å². The molecular formula is C33H19NO2S3. The third-order valence-electron chi connectivity index (χ3n) is 8.42. The van der Waals surface area contributed by atoms with Crippen molar-refractivity contribution in [2.75, 3.05) is 4.90 Å². The van der Waals surface area contributed by atoms with Gasteiger partial charge in [-0.05, 0) is 81.5 Å². The van der Waals surface area contributed by atoms with Gasteiger partial charge in [0, 0.05) is 26.6 Å². The molecule has 4 aromatic carbocycles. The van der Waals surface area contributed by atoms with E-state index in [0.29, 0.717) is 9.79 Å². The molecule has 3 nitrogen and oxygen atoms in total. The second kappa shape index (κ2) is 7.36. The Bertz CT molecular complexity index is 2030. The molecule has 0 fully saturated rings. The molecular weight excluding hydrogens is 539 g/mol. The molecule has 0 radical (unpaired) electrons. The molecule has 3 aliphatic rings. The molecule has 2 aromatic heterocycles. The molecule has 0 unspecified atom stereocenters. The average molecular weight is 558 g/mol. The Balaban J connectivity index is 1.36. The van der Waals surface area contributed by atoms with Gasteiger partial charge in [0.1, 0.15) is 0 Å². The summed E-state index contributed by atoms with van der Waals surface area (Å²) in [5.41, 5.74) is 9.51. The van der Waals surface area contributed by atoms with Gasteiger partial charge in [-0.25, -0.2) is 8.42 Å². The average Bonchev–Trinajstić information content (AvgIpc) is 3.73. The van der Waals surface area contributed by atoms with E-state index in [2.05, 4.69) is 76.3 Å². The van der Waals surface area contributed by atoms with Crippen LogP contribution in [0.5, 0.6) is 0 Å². The Labute approximate surface area is 234 Å². The van der Waals surface area contributed by atoms with Crippen molar-refractivity contribution in [3.05, 3.63) is 136 Å². The second-order valence-electron chi connectivity index (χ2n) is 10.1. The molecule has 0 saturated carbocycles. The van der Waals surface area contributed by atoms with Crippen molar-refractivity contribution < 1.29 is 8.42 Å². The zero-order valence-electron chi connectivity index (χ0n) is 20.5. The quantitative estimate of drug-likeness (QED) is 0.202. The predicted octanol–water partition coefficient (Wildman–Crippen LogP) is 8.77. The van der Waals surface area contributed by atoms with E-state index >= 15 is 0 Å². The summed E-state index contributed by atoms with van der Waals surface area (Å²) in [4.78, 5) is 5.79. The summed E-state index contributed by atoms with van der Waals surface area (Å²) in [6.07, 6.45) is 0. The normalized spacial score (nSPS) is 16.3. The van der Waals surface area contributed by atoms with Crippen LogP contribution in [0.15, 0.2) is 124 Å². The highest BCUT2D eigenvalue weighted by Gasteiger charge is 2.52. The number of hydrogen-bond acceptors (Lipinski definition) is 5. The number of fused-ring (bicyclic) bond motifs is 12. The van der Waals surface area contributed by atoms with Crippen LogP contribution in [0.25, 0.3) is 20.9 Å². The molecule has 2 aliphatic heterocycles. The molecule has 9 rings (SSSR count). The van der Waals surface area contributed by atoms with E-state index in [1.54, 1.807) is 18.2 Å². The van der Waals surface area contributed by atoms with Gasteiger partial charge in [0.15, 0.2) is 0 Å². The maximum atomic E-state index is 13.3. The van der Waals surface area contributed by atoms with Crippen molar-refractivity contribution in [1.82, 2.24) is 0 Å². The summed E-state index contributed by atoms with van der Waals surface area (Å²) < 4.78 is 26.6. The maximum Gasteiger partial charge on any atom is 0.207 e. The molecule has 0 saturated heterocycles. The van der Waals surface area contributed by atoms with Crippen LogP contribution in [0, 0.1) is 0 Å². The lowest BCUT2D eigenvalue weighted by atomic mass is 9.65. The minimum atomic E-state index is -3.52. The molecule has 1 spiro atoms. The number of nitrogens with zero attached hydrogens (tertiary/aromatic N) is 1. The van der Waals surface area contributed by atoms with Crippen molar-refractivity contribution in [3.63, 3.8) is 0 Å². The first-order valence-corrected chi connectivity index (χ1v) is 16.0. The van der Waals surface area contributed by atoms with Crippen LogP contribution in [0.4, 0.5) is 17.1 Å². The SMILES string of the molecule is O=S1(=O)c2ccccc2-c2cc(N3c4ccccc4C4(c5ccccc53)c3ccsc3-c3sccc34)ccc21. The smallest absolute Gasteiger partial charge is 0.207 e. The summed E-state index contributed by atoms with van der Waals surface area (Å²) in [6.45, 7) is 0. The first-order chi connectivity index (χ1) is 19.1. The second-order valence-corrected chi connectivity index (χ2v) is 13.8. The fourth-order valence-electron chi connectivity index (χ4n) is 6.95. The lowest BCUT2D eigenvalue weighted by molar-refractivity contribution is 0.598. The van der Waals surface area contributed by atoms with Crippen molar-refractivity contribution in [1.29, 1.82) is 0 Å². The molecule has 186 valence electrons. The van der Waals surface area contributed by atoms with Gasteiger partial charge in [0.2, 0.25) is 9.84 Å².